The number of rotatable bonds is 6. The van der Waals surface area contributed by atoms with E-state index in [2.05, 4.69) is 10.3 Å². The average Bonchev–Trinajstić information content (AvgIpc) is 2.90. The smallest absolute Gasteiger partial charge is 0.167 e. The lowest BCUT2D eigenvalue weighted by Gasteiger charge is -2.11. The number of benzene rings is 1. The van der Waals surface area contributed by atoms with E-state index in [1.165, 1.54) is 13.2 Å². The number of aromatic nitrogens is 2. The van der Waals surface area contributed by atoms with E-state index in [4.69, 9.17) is 10.5 Å². The van der Waals surface area contributed by atoms with Crippen molar-refractivity contribution in [1.82, 2.24) is 9.55 Å². The molecule has 3 N–H and O–H groups in total. The second-order valence-electron chi connectivity index (χ2n) is 4.15. The molecule has 0 radical (unpaired) electrons. The molecular formula is C13H17FN4O. The maximum Gasteiger partial charge on any atom is 0.167 e. The van der Waals surface area contributed by atoms with Gasteiger partial charge in [0.25, 0.3) is 0 Å². The fourth-order valence-corrected chi connectivity index (χ4v) is 1.78. The van der Waals surface area contributed by atoms with Crippen molar-refractivity contribution in [1.29, 1.82) is 0 Å². The number of aryl methyl sites for hydroxylation is 1. The Bertz CT molecular complexity index is 528. The van der Waals surface area contributed by atoms with Crippen molar-refractivity contribution in [3.63, 3.8) is 0 Å². The fourth-order valence-electron chi connectivity index (χ4n) is 1.78. The maximum atomic E-state index is 13.4. The normalized spacial score (nSPS) is 10.4. The van der Waals surface area contributed by atoms with Crippen LogP contribution in [-0.4, -0.2) is 23.2 Å². The van der Waals surface area contributed by atoms with Gasteiger partial charge in [0.1, 0.15) is 0 Å². The van der Waals surface area contributed by atoms with Crippen LogP contribution in [0.25, 0.3) is 0 Å². The molecular weight excluding hydrogens is 247 g/mol. The molecule has 0 saturated carbocycles. The molecule has 0 bridgehead atoms. The van der Waals surface area contributed by atoms with Crippen molar-refractivity contribution in [2.45, 2.75) is 13.0 Å². The van der Waals surface area contributed by atoms with Crippen LogP contribution in [0.1, 0.15) is 6.42 Å². The molecule has 102 valence electrons. The quantitative estimate of drug-likeness (QED) is 0.619. The summed E-state index contributed by atoms with van der Waals surface area (Å²) in [6.45, 7) is 1.60. The molecule has 2 aromatic rings. The minimum atomic E-state index is -0.455. The molecule has 0 atom stereocenters. The number of nitrogen functional groups attached to an aromatic ring is 1. The molecule has 0 fully saturated rings. The molecule has 2 rings (SSSR count). The lowest BCUT2D eigenvalue weighted by Crippen LogP contribution is -2.08. The molecule has 1 heterocycles. The van der Waals surface area contributed by atoms with Crippen LogP contribution in [0.3, 0.4) is 0 Å². The average molecular weight is 264 g/mol. The van der Waals surface area contributed by atoms with Crippen LogP contribution in [0, 0.1) is 5.82 Å². The van der Waals surface area contributed by atoms with E-state index in [0.717, 1.165) is 19.5 Å². The minimum Gasteiger partial charge on any atom is -0.494 e. The van der Waals surface area contributed by atoms with Crippen LogP contribution in [0.15, 0.2) is 30.9 Å². The van der Waals surface area contributed by atoms with Gasteiger partial charge in [-0.3, -0.25) is 0 Å². The van der Waals surface area contributed by atoms with Gasteiger partial charge in [-0.15, -0.1) is 0 Å². The zero-order chi connectivity index (χ0) is 13.7. The number of nitrogens with two attached hydrogens (primary N) is 1. The summed E-state index contributed by atoms with van der Waals surface area (Å²) in [5, 5.41) is 3.17. The van der Waals surface area contributed by atoms with Gasteiger partial charge < -0.3 is 20.4 Å². The molecule has 19 heavy (non-hydrogen) atoms. The molecule has 0 aliphatic carbocycles. The second-order valence-corrected chi connectivity index (χ2v) is 4.15. The third-order valence-electron chi connectivity index (χ3n) is 2.79. The van der Waals surface area contributed by atoms with E-state index in [1.54, 1.807) is 18.6 Å². The first-order chi connectivity index (χ1) is 9.20. The van der Waals surface area contributed by atoms with E-state index in [1.807, 2.05) is 10.8 Å². The predicted octanol–water partition coefficient (Wildman–Crippen LogP) is 2.12. The number of nitrogens with one attached hydrogen (secondary N) is 1. The van der Waals surface area contributed by atoms with Crippen LogP contribution in [0.4, 0.5) is 15.8 Å². The monoisotopic (exact) mass is 264 g/mol. The highest BCUT2D eigenvalue weighted by atomic mass is 19.1. The number of halogens is 1. The molecule has 0 saturated heterocycles. The molecule has 0 spiro atoms. The molecule has 1 aromatic heterocycles. The first kappa shape index (κ1) is 13.2. The van der Waals surface area contributed by atoms with Gasteiger partial charge in [-0.05, 0) is 6.42 Å². The minimum absolute atomic E-state index is 0.186. The summed E-state index contributed by atoms with van der Waals surface area (Å²) in [5.41, 5.74) is 6.81. The first-order valence-corrected chi connectivity index (χ1v) is 6.03. The summed E-state index contributed by atoms with van der Waals surface area (Å²) in [6.07, 6.45) is 6.34. The van der Waals surface area contributed by atoms with Crippen molar-refractivity contribution in [3.05, 3.63) is 36.7 Å². The Labute approximate surface area is 111 Å². The van der Waals surface area contributed by atoms with Crippen molar-refractivity contribution in [2.24, 2.45) is 0 Å². The lowest BCUT2D eigenvalue weighted by molar-refractivity contribution is 0.387. The van der Waals surface area contributed by atoms with Crippen molar-refractivity contribution in [3.8, 4) is 5.75 Å². The third kappa shape index (κ3) is 3.37. The first-order valence-electron chi connectivity index (χ1n) is 6.03. The zero-order valence-corrected chi connectivity index (χ0v) is 10.8. The van der Waals surface area contributed by atoms with Gasteiger partial charge in [-0.1, -0.05) is 0 Å². The Morgan fingerprint density at radius 1 is 1.47 bits per heavy atom. The van der Waals surface area contributed by atoms with Crippen LogP contribution >= 0.6 is 0 Å². The highest BCUT2D eigenvalue weighted by molar-refractivity contribution is 5.68. The van der Waals surface area contributed by atoms with Crippen molar-refractivity contribution >= 4 is 11.4 Å². The number of imidazole rings is 1. The van der Waals surface area contributed by atoms with Gasteiger partial charge >= 0.3 is 0 Å². The summed E-state index contributed by atoms with van der Waals surface area (Å²) >= 11 is 0. The van der Waals surface area contributed by atoms with Gasteiger partial charge in [-0.25, -0.2) is 9.37 Å². The zero-order valence-electron chi connectivity index (χ0n) is 10.8. The number of hydrogen-bond donors (Lipinski definition) is 2. The van der Waals surface area contributed by atoms with E-state index in [0.29, 0.717) is 11.4 Å². The Balaban J connectivity index is 1.88. The van der Waals surface area contributed by atoms with Gasteiger partial charge in [-0.2, -0.15) is 0 Å². The molecule has 5 nitrogen and oxygen atoms in total. The summed E-state index contributed by atoms with van der Waals surface area (Å²) in [7, 11) is 1.43. The van der Waals surface area contributed by atoms with E-state index in [9.17, 15) is 4.39 Å². The lowest BCUT2D eigenvalue weighted by atomic mass is 10.2. The van der Waals surface area contributed by atoms with E-state index < -0.39 is 5.82 Å². The van der Waals surface area contributed by atoms with E-state index in [-0.39, 0.29) is 5.75 Å². The van der Waals surface area contributed by atoms with Crippen molar-refractivity contribution in [2.75, 3.05) is 24.7 Å². The van der Waals surface area contributed by atoms with Gasteiger partial charge in [0, 0.05) is 37.6 Å². The molecule has 0 aliphatic rings. The Kier molecular flexibility index (Phi) is 4.22. The number of anilines is 2. The Morgan fingerprint density at radius 3 is 3.00 bits per heavy atom. The second kappa shape index (κ2) is 6.08. The van der Waals surface area contributed by atoms with Gasteiger partial charge in [0.05, 0.1) is 24.8 Å². The Morgan fingerprint density at radius 2 is 2.32 bits per heavy atom. The van der Waals surface area contributed by atoms with Crippen LogP contribution in [-0.2, 0) is 6.54 Å². The largest absolute Gasteiger partial charge is 0.494 e. The molecule has 1 aromatic carbocycles. The predicted molar refractivity (Wildman–Crippen MR) is 72.7 cm³/mol. The molecule has 6 heteroatoms. The summed E-state index contributed by atoms with van der Waals surface area (Å²) < 4.78 is 20.3. The Hall–Kier alpha value is -2.24. The van der Waals surface area contributed by atoms with Crippen LogP contribution < -0.4 is 15.8 Å². The van der Waals surface area contributed by atoms with Crippen molar-refractivity contribution < 1.29 is 9.13 Å². The van der Waals surface area contributed by atoms with Crippen LogP contribution in [0.2, 0.25) is 0 Å². The van der Waals surface area contributed by atoms with Gasteiger partial charge in [0.2, 0.25) is 0 Å². The van der Waals surface area contributed by atoms with Gasteiger partial charge in [0.15, 0.2) is 11.6 Å². The SMILES string of the molecule is COc1cc(NCCCn2ccnc2)c(N)cc1F. The fraction of sp³-hybridized carbons (Fsp3) is 0.308. The summed E-state index contributed by atoms with van der Waals surface area (Å²) in [6, 6.07) is 2.83. The number of hydrogen-bond acceptors (Lipinski definition) is 4. The highest BCUT2D eigenvalue weighted by Gasteiger charge is 2.07. The highest BCUT2D eigenvalue weighted by Crippen LogP contribution is 2.27. The molecule has 0 amide bonds. The third-order valence-corrected chi connectivity index (χ3v) is 2.79. The number of methoxy groups -OCH3 is 1. The van der Waals surface area contributed by atoms with Crippen LogP contribution in [0.5, 0.6) is 5.75 Å². The topological polar surface area (TPSA) is 65.1 Å². The maximum absolute atomic E-state index is 13.4. The molecule has 0 unspecified atom stereocenters. The van der Waals surface area contributed by atoms with E-state index >= 15 is 0 Å². The number of ether oxygens (including phenoxy) is 1. The summed E-state index contributed by atoms with van der Waals surface area (Å²) in [4.78, 5) is 3.97. The molecule has 0 aliphatic heterocycles. The standard InChI is InChI=1S/C13H17FN4O/c1-19-13-8-12(11(15)7-10(13)14)17-3-2-5-18-6-4-16-9-18/h4,6-9,17H,2-3,5,15H2,1H3. The summed E-state index contributed by atoms with van der Waals surface area (Å²) in [5.74, 6) is -0.268. The number of nitrogens with zero attached hydrogens (tertiary/aromatic N) is 2.